The third-order valence-electron chi connectivity index (χ3n) is 2.42. The number of nitrogens with one attached hydrogen (secondary N) is 1. The van der Waals surface area contributed by atoms with Crippen LogP contribution in [0.4, 0.5) is 27.8 Å². The lowest BCUT2D eigenvalue weighted by Crippen LogP contribution is -2.35. The van der Waals surface area contributed by atoms with Gasteiger partial charge in [-0.2, -0.15) is 22.0 Å². The maximum absolute atomic E-state index is 13.3. The molecule has 19 heavy (non-hydrogen) atoms. The van der Waals surface area contributed by atoms with Crippen molar-refractivity contribution in [2.24, 2.45) is 0 Å². The Bertz CT molecular complexity index is 692. The van der Waals surface area contributed by atoms with Crippen LogP contribution in [-0.4, -0.2) is 16.1 Å². The van der Waals surface area contributed by atoms with E-state index < -0.39 is 34.3 Å². The number of pyridine rings is 2. The molecular formula is C10H6F5N3O. The van der Waals surface area contributed by atoms with Gasteiger partial charge in [0, 0.05) is 17.0 Å². The fraction of sp³-hybridized carbons (Fsp3) is 0.200. The molecule has 0 aliphatic rings. The summed E-state index contributed by atoms with van der Waals surface area (Å²) in [4.78, 5) is 16.7. The van der Waals surface area contributed by atoms with Crippen LogP contribution in [0.5, 0.6) is 0 Å². The predicted molar refractivity (Wildman–Crippen MR) is 56.7 cm³/mol. The normalized spacial score (nSPS) is 12.9. The maximum atomic E-state index is 13.3. The molecule has 4 nitrogen and oxygen atoms in total. The minimum atomic E-state index is -5.81. The van der Waals surface area contributed by atoms with Gasteiger partial charge in [-0.1, -0.05) is 0 Å². The molecule has 0 aliphatic carbocycles. The van der Waals surface area contributed by atoms with Gasteiger partial charge in [0.15, 0.2) is 0 Å². The van der Waals surface area contributed by atoms with Gasteiger partial charge in [0.05, 0.1) is 0 Å². The summed E-state index contributed by atoms with van der Waals surface area (Å²) in [7, 11) is 0. The van der Waals surface area contributed by atoms with E-state index in [1.54, 1.807) is 0 Å². The summed E-state index contributed by atoms with van der Waals surface area (Å²) in [5.41, 5.74) is 2.28. The van der Waals surface area contributed by atoms with Crippen molar-refractivity contribution in [3.63, 3.8) is 0 Å². The lowest BCUT2D eigenvalue weighted by atomic mass is 10.0. The molecule has 2 aromatic heterocycles. The highest BCUT2D eigenvalue weighted by molar-refractivity contribution is 5.80. The van der Waals surface area contributed by atoms with Crippen molar-refractivity contribution >= 4 is 16.9 Å². The van der Waals surface area contributed by atoms with E-state index in [-0.39, 0.29) is 11.9 Å². The average Bonchev–Trinajstić information content (AvgIpc) is 2.25. The largest absolute Gasteiger partial charge is 0.458 e. The number of H-pyrrole nitrogens is 1. The number of nitrogen functional groups attached to an aromatic ring is 1. The minimum Gasteiger partial charge on any atom is -0.384 e. The second-order valence-corrected chi connectivity index (χ2v) is 3.75. The van der Waals surface area contributed by atoms with Gasteiger partial charge >= 0.3 is 12.1 Å². The highest BCUT2D eigenvalue weighted by atomic mass is 19.4. The zero-order valence-electron chi connectivity index (χ0n) is 9.05. The number of fused-ring (bicyclic) bond motifs is 1. The summed E-state index contributed by atoms with van der Waals surface area (Å²) >= 11 is 0. The maximum Gasteiger partial charge on any atom is 0.458 e. The van der Waals surface area contributed by atoms with E-state index in [1.807, 2.05) is 4.98 Å². The van der Waals surface area contributed by atoms with Crippen LogP contribution in [0.1, 0.15) is 5.56 Å². The van der Waals surface area contributed by atoms with E-state index in [1.165, 1.54) is 0 Å². The van der Waals surface area contributed by atoms with Gasteiger partial charge in [0.2, 0.25) is 5.56 Å². The number of halogens is 5. The van der Waals surface area contributed by atoms with E-state index in [0.717, 1.165) is 12.1 Å². The molecule has 0 saturated heterocycles. The lowest BCUT2D eigenvalue weighted by Gasteiger charge is -2.20. The number of alkyl halides is 5. The van der Waals surface area contributed by atoms with Crippen LogP contribution in [0, 0.1) is 0 Å². The number of aromatic amines is 1. The van der Waals surface area contributed by atoms with Crippen molar-refractivity contribution in [2.45, 2.75) is 12.1 Å². The molecule has 0 amide bonds. The molecule has 2 heterocycles. The van der Waals surface area contributed by atoms with Crippen LogP contribution >= 0.6 is 0 Å². The monoisotopic (exact) mass is 279 g/mol. The summed E-state index contributed by atoms with van der Waals surface area (Å²) in [6.45, 7) is 0. The van der Waals surface area contributed by atoms with E-state index in [4.69, 9.17) is 5.73 Å². The molecular weight excluding hydrogens is 273 g/mol. The van der Waals surface area contributed by atoms with Crippen molar-refractivity contribution in [3.05, 3.63) is 34.1 Å². The zero-order valence-corrected chi connectivity index (χ0v) is 9.05. The molecule has 0 atom stereocenters. The quantitative estimate of drug-likeness (QED) is 0.786. The number of rotatable bonds is 1. The molecule has 0 fully saturated rings. The van der Waals surface area contributed by atoms with E-state index >= 15 is 0 Å². The first-order valence-corrected chi connectivity index (χ1v) is 4.87. The van der Waals surface area contributed by atoms with E-state index in [0.29, 0.717) is 0 Å². The second kappa shape index (κ2) is 3.90. The topological polar surface area (TPSA) is 71.8 Å². The van der Waals surface area contributed by atoms with Crippen LogP contribution in [-0.2, 0) is 5.92 Å². The summed E-state index contributed by atoms with van der Waals surface area (Å²) < 4.78 is 63.7. The Hall–Kier alpha value is -2.19. The number of hydrogen-bond acceptors (Lipinski definition) is 3. The fourth-order valence-electron chi connectivity index (χ4n) is 1.56. The molecule has 0 unspecified atom stereocenters. The Labute approximate surface area is 102 Å². The van der Waals surface area contributed by atoms with Crippen LogP contribution in [0.2, 0.25) is 0 Å². The summed E-state index contributed by atoms with van der Waals surface area (Å²) in [6.07, 6.45) is -5.81. The van der Waals surface area contributed by atoms with Crippen LogP contribution < -0.4 is 11.3 Å². The third-order valence-corrected chi connectivity index (χ3v) is 2.42. The molecule has 3 N–H and O–H groups in total. The molecule has 2 rings (SSSR count). The van der Waals surface area contributed by atoms with Crippen LogP contribution in [0.3, 0.4) is 0 Å². The van der Waals surface area contributed by atoms with Gasteiger partial charge in [-0.15, -0.1) is 0 Å². The van der Waals surface area contributed by atoms with Gasteiger partial charge in [-0.05, 0) is 12.1 Å². The van der Waals surface area contributed by atoms with Crippen molar-refractivity contribution in [3.8, 4) is 0 Å². The number of aromatic nitrogens is 2. The molecule has 0 spiro atoms. The van der Waals surface area contributed by atoms with Gasteiger partial charge in [0.1, 0.15) is 11.5 Å². The van der Waals surface area contributed by atoms with Crippen LogP contribution in [0.25, 0.3) is 11.0 Å². The first-order valence-electron chi connectivity index (χ1n) is 4.87. The van der Waals surface area contributed by atoms with Gasteiger partial charge in [0.25, 0.3) is 0 Å². The summed E-state index contributed by atoms with van der Waals surface area (Å²) in [5, 5.41) is -0.517. The summed E-state index contributed by atoms with van der Waals surface area (Å²) in [6, 6.07) is 2.22. The van der Waals surface area contributed by atoms with Crippen molar-refractivity contribution in [1.82, 2.24) is 9.97 Å². The lowest BCUT2D eigenvalue weighted by molar-refractivity contribution is -0.288. The molecule has 0 bridgehead atoms. The van der Waals surface area contributed by atoms with Gasteiger partial charge in [-0.3, -0.25) is 4.79 Å². The molecule has 0 radical (unpaired) electrons. The number of nitrogens with zero attached hydrogens (tertiary/aromatic N) is 1. The first-order chi connectivity index (χ1) is 8.63. The summed E-state index contributed by atoms with van der Waals surface area (Å²) in [5.74, 6) is -5.27. The van der Waals surface area contributed by atoms with Crippen molar-refractivity contribution in [1.29, 1.82) is 0 Å². The standard InChI is InChI=1S/C10H6F5N3O/c11-9(12,10(13,14)15)5-3-7(19)18-8-4(5)1-2-6(16)17-8/h1-3H,(H3,16,17,18,19). The Morgan fingerprint density at radius 1 is 1.16 bits per heavy atom. The second-order valence-electron chi connectivity index (χ2n) is 3.75. The highest BCUT2D eigenvalue weighted by Gasteiger charge is 2.59. The molecule has 0 aromatic carbocycles. The van der Waals surface area contributed by atoms with Gasteiger partial charge < -0.3 is 10.7 Å². The Kier molecular flexibility index (Phi) is 2.72. The van der Waals surface area contributed by atoms with Crippen molar-refractivity contribution < 1.29 is 22.0 Å². The van der Waals surface area contributed by atoms with Crippen molar-refractivity contribution in [2.75, 3.05) is 5.73 Å². The molecule has 2 aromatic rings. The highest BCUT2D eigenvalue weighted by Crippen LogP contribution is 2.45. The number of hydrogen-bond donors (Lipinski definition) is 2. The van der Waals surface area contributed by atoms with Gasteiger partial charge in [-0.25, -0.2) is 4.98 Å². The smallest absolute Gasteiger partial charge is 0.384 e. The Morgan fingerprint density at radius 2 is 1.79 bits per heavy atom. The fourth-order valence-corrected chi connectivity index (χ4v) is 1.56. The third kappa shape index (κ3) is 2.11. The number of nitrogens with two attached hydrogens (primary N) is 1. The Morgan fingerprint density at radius 3 is 2.37 bits per heavy atom. The van der Waals surface area contributed by atoms with E-state index in [2.05, 4.69) is 4.98 Å². The first kappa shape index (κ1) is 13.2. The van der Waals surface area contributed by atoms with E-state index in [9.17, 15) is 26.7 Å². The number of anilines is 1. The Balaban J connectivity index is 2.84. The molecule has 102 valence electrons. The molecule has 0 saturated carbocycles. The van der Waals surface area contributed by atoms with Crippen LogP contribution in [0.15, 0.2) is 23.0 Å². The average molecular weight is 279 g/mol. The SMILES string of the molecule is Nc1ccc2c(C(F)(F)C(F)(F)F)cc(=O)[nH]c2n1. The zero-order chi connectivity index (χ0) is 14.4. The molecule has 9 heteroatoms. The molecule has 0 aliphatic heterocycles. The minimum absolute atomic E-state index is 0.115. The predicted octanol–water partition coefficient (Wildman–Crippen LogP) is 2.16.